The summed E-state index contributed by atoms with van der Waals surface area (Å²) in [6.07, 6.45) is 5.58. The number of hydrogen-bond acceptors (Lipinski definition) is 5. The van der Waals surface area contributed by atoms with Crippen molar-refractivity contribution in [1.82, 2.24) is 14.9 Å². The predicted molar refractivity (Wildman–Crippen MR) is 101 cm³/mol. The molecule has 1 aliphatic carbocycles. The Hall–Kier alpha value is -1.85. The van der Waals surface area contributed by atoms with Gasteiger partial charge in [-0.05, 0) is 26.7 Å². The van der Waals surface area contributed by atoms with Crippen molar-refractivity contribution in [3.63, 3.8) is 0 Å². The number of aryl methyl sites for hydroxylation is 1. The lowest BCUT2D eigenvalue weighted by Crippen LogP contribution is -2.35. The third kappa shape index (κ3) is 3.72. The number of likely N-dealkylation sites (tertiary alicyclic amines) is 1. The summed E-state index contributed by atoms with van der Waals surface area (Å²) in [4.78, 5) is 28.0. The van der Waals surface area contributed by atoms with Gasteiger partial charge in [0, 0.05) is 63.9 Å². The summed E-state index contributed by atoms with van der Waals surface area (Å²) in [5.74, 6) is 2.44. The molecule has 1 atom stereocenters. The zero-order chi connectivity index (χ0) is 18.1. The SMILES string of the molecule is Cc1nc(N(C)C)nc(N(C)CC2CC(=O)N(C3CCCC3)C2)c1C. The molecule has 1 aliphatic heterocycles. The van der Waals surface area contributed by atoms with Crippen LogP contribution in [0.5, 0.6) is 0 Å². The molecule has 0 bridgehead atoms. The zero-order valence-electron chi connectivity index (χ0n) is 16.2. The zero-order valence-corrected chi connectivity index (χ0v) is 16.2. The van der Waals surface area contributed by atoms with E-state index in [1.54, 1.807) is 0 Å². The van der Waals surface area contributed by atoms with E-state index in [1.807, 2.05) is 25.9 Å². The van der Waals surface area contributed by atoms with Gasteiger partial charge in [-0.25, -0.2) is 4.98 Å². The molecule has 25 heavy (non-hydrogen) atoms. The van der Waals surface area contributed by atoms with Gasteiger partial charge < -0.3 is 14.7 Å². The maximum atomic E-state index is 12.4. The molecule has 1 unspecified atom stereocenters. The number of aromatic nitrogens is 2. The third-order valence-electron chi connectivity index (χ3n) is 5.65. The van der Waals surface area contributed by atoms with Gasteiger partial charge in [0.15, 0.2) is 0 Å². The molecule has 1 aromatic heterocycles. The minimum atomic E-state index is 0.342. The monoisotopic (exact) mass is 345 g/mol. The lowest BCUT2D eigenvalue weighted by molar-refractivity contribution is -0.129. The molecule has 138 valence electrons. The highest BCUT2D eigenvalue weighted by molar-refractivity contribution is 5.79. The summed E-state index contributed by atoms with van der Waals surface area (Å²) >= 11 is 0. The van der Waals surface area contributed by atoms with Crippen molar-refractivity contribution in [2.75, 3.05) is 44.0 Å². The van der Waals surface area contributed by atoms with Crippen LogP contribution < -0.4 is 9.80 Å². The second kappa shape index (κ2) is 7.18. The first-order chi connectivity index (χ1) is 11.9. The van der Waals surface area contributed by atoms with Crippen LogP contribution >= 0.6 is 0 Å². The van der Waals surface area contributed by atoms with Crippen LogP contribution in [0.2, 0.25) is 0 Å². The average molecular weight is 345 g/mol. The summed E-state index contributed by atoms with van der Waals surface area (Å²) in [6, 6.07) is 0.492. The third-order valence-corrected chi connectivity index (χ3v) is 5.65. The summed E-state index contributed by atoms with van der Waals surface area (Å²) in [5, 5.41) is 0. The van der Waals surface area contributed by atoms with Crippen LogP contribution in [0.25, 0.3) is 0 Å². The molecule has 2 fully saturated rings. The number of carbonyl (C=O) groups is 1. The minimum absolute atomic E-state index is 0.342. The lowest BCUT2D eigenvalue weighted by atomic mass is 10.1. The summed E-state index contributed by atoms with van der Waals surface area (Å²) in [5.41, 5.74) is 2.13. The number of nitrogens with zero attached hydrogens (tertiary/aromatic N) is 5. The van der Waals surface area contributed by atoms with Crippen molar-refractivity contribution >= 4 is 17.7 Å². The Labute approximate surface area is 151 Å². The van der Waals surface area contributed by atoms with Crippen molar-refractivity contribution in [2.45, 2.75) is 52.0 Å². The Bertz CT molecular complexity index is 639. The van der Waals surface area contributed by atoms with Gasteiger partial charge in [-0.15, -0.1) is 0 Å². The molecular formula is C19H31N5O. The molecule has 6 heteroatoms. The van der Waals surface area contributed by atoms with Gasteiger partial charge in [-0.3, -0.25) is 4.79 Å². The molecule has 1 saturated heterocycles. The van der Waals surface area contributed by atoms with E-state index in [9.17, 15) is 4.79 Å². The first-order valence-corrected chi connectivity index (χ1v) is 9.40. The molecule has 1 amide bonds. The fraction of sp³-hybridized carbons (Fsp3) is 0.737. The number of carbonyl (C=O) groups excluding carboxylic acids is 1. The van der Waals surface area contributed by atoms with Crippen molar-refractivity contribution in [1.29, 1.82) is 0 Å². The van der Waals surface area contributed by atoms with E-state index in [1.165, 1.54) is 25.7 Å². The van der Waals surface area contributed by atoms with Crippen LogP contribution in [0.1, 0.15) is 43.4 Å². The first-order valence-electron chi connectivity index (χ1n) is 9.40. The van der Waals surface area contributed by atoms with E-state index in [-0.39, 0.29) is 0 Å². The van der Waals surface area contributed by atoms with Gasteiger partial charge in [0.05, 0.1) is 0 Å². The smallest absolute Gasteiger partial charge is 0.227 e. The summed E-state index contributed by atoms with van der Waals surface area (Å²) in [7, 11) is 6.00. The van der Waals surface area contributed by atoms with E-state index in [2.05, 4.69) is 28.8 Å². The average Bonchev–Trinajstić information content (AvgIpc) is 3.19. The maximum Gasteiger partial charge on any atom is 0.227 e. The number of amides is 1. The molecule has 1 saturated carbocycles. The van der Waals surface area contributed by atoms with Crippen LogP contribution in [-0.2, 0) is 4.79 Å². The molecule has 6 nitrogen and oxygen atoms in total. The molecule has 2 aliphatic rings. The van der Waals surface area contributed by atoms with E-state index in [4.69, 9.17) is 4.98 Å². The Kier molecular flexibility index (Phi) is 5.16. The molecular weight excluding hydrogens is 314 g/mol. The fourth-order valence-corrected chi connectivity index (χ4v) is 4.14. The van der Waals surface area contributed by atoms with E-state index in [0.717, 1.165) is 36.1 Å². The van der Waals surface area contributed by atoms with Crippen molar-refractivity contribution < 1.29 is 4.79 Å². The molecule has 1 aromatic rings. The highest BCUT2D eigenvalue weighted by atomic mass is 16.2. The Morgan fingerprint density at radius 2 is 1.80 bits per heavy atom. The van der Waals surface area contributed by atoms with Crippen LogP contribution in [-0.4, -0.2) is 61.0 Å². The molecule has 0 spiro atoms. The number of hydrogen-bond donors (Lipinski definition) is 0. The van der Waals surface area contributed by atoms with Crippen LogP contribution in [0.15, 0.2) is 0 Å². The predicted octanol–water partition coefficient (Wildman–Crippen LogP) is 2.39. The van der Waals surface area contributed by atoms with Crippen LogP contribution in [0.3, 0.4) is 0 Å². The highest BCUT2D eigenvalue weighted by Gasteiger charge is 2.36. The number of anilines is 2. The Morgan fingerprint density at radius 1 is 1.12 bits per heavy atom. The lowest BCUT2D eigenvalue weighted by Gasteiger charge is -2.27. The van der Waals surface area contributed by atoms with Crippen LogP contribution in [0, 0.1) is 19.8 Å². The van der Waals surface area contributed by atoms with E-state index in [0.29, 0.717) is 24.3 Å². The molecule has 0 radical (unpaired) electrons. The molecule has 0 aromatic carbocycles. The van der Waals surface area contributed by atoms with Crippen molar-refractivity contribution in [3.8, 4) is 0 Å². The highest BCUT2D eigenvalue weighted by Crippen LogP contribution is 2.30. The standard InChI is InChI=1S/C19H31N5O/c1-13-14(2)20-19(22(3)4)21-18(13)23(5)11-15-10-17(25)24(12-15)16-8-6-7-9-16/h15-16H,6-12H2,1-5H3. The van der Waals surface area contributed by atoms with Gasteiger partial charge in [0.2, 0.25) is 11.9 Å². The van der Waals surface area contributed by atoms with Gasteiger partial charge in [0.25, 0.3) is 0 Å². The van der Waals surface area contributed by atoms with Gasteiger partial charge in [0.1, 0.15) is 5.82 Å². The fourth-order valence-electron chi connectivity index (χ4n) is 4.14. The summed E-state index contributed by atoms with van der Waals surface area (Å²) < 4.78 is 0. The topological polar surface area (TPSA) is 52.6 Å². The van der Waals surface area contributed by atoms with Crippen molar-refractivity contribution in [3.05, 3.63) is 11.3 Å². The quantitative estimate of drug-likeness (QED) is 0.820. The minimum Gasteiger partial charge on any atom is -0.359 e. The Balaban J connectivity index is 1.70. The van der Waals surface area contributed by atoms with Crippen molar-refractivity contribution in [2.24, 2.45) is 5.92 Å². The number of rotatable bonds is 5. The molecule has 2 heterocycles. The second-order valence-corrected chi connectivity index (χ2v) is 7.89. The normalized spacial score (nSPS) is 21.2. The van der Waals surface area contributed by atoms with Gasteiger partial charge in [-0.1, -0.05) is 12.8 Å². The molecule has 3 rings (SSSR count). The van der Waals surface area contributed by atoms with E-state index < -0.39 is 0 Å². The first kappa shape index (κ1) is 18.0. The van der Waals surface area contributed by atoms with Gasteiger partial charge >= 0.3 is 0 Å². The van der Waals surface area contributed by atoms with Crippen LogP contribution in [0.4, 0.5) is 11.8 Å². The Morgan fingerprint density at radius 3 is 2.44 bits per heavy atom. The summed E-state index contributed by atoms with van der Waals surface area (Å²) in [6.45, 7) is 5.87. The second-order valence-electron chi connectivity index (χ2n) is 7.89. The van der Waals surface area contributed by atoms with Gasteiger partial charge in [-0.2, -0.15) is 4.98 Å². The maximum absolute atomic E-state index is 12.4. The molecule has 0 N–H and O–H groups in total. The largest absolute Gasteiger partial charge is 0.359 e. The van der Waals surface area contributed by atoms with E-state index >= 15 is 0 Å².